The van der Waals surface area contributed by atoms with Crippen LogP contribution in [0.5, 0.6) is 0 Å². The summed E-state index contributed by atoms with van der Waals surface area (Å²) in [5, 5.41) is 15.2. The van der Waals surface area contributed by atoms with Crippen LogP contribution >= 0.6 is 0 Å². The molecule has 2 heterocycles. The summed E-state index contributed by atoms with van der Waals surface area (Å²) in [7, 11) is 0. The fourth-order valence-electron chi connectivity index (χ4n) is 4.64. The summed E-state index contributed by atoms with van der Waals surface area (Å²) >= 11 is 0. The Labute approximate surface area is 234 Å². The maximum atomic E-state index is 13.5. The average Bonchev–Trinajstić information content (AvgIpc) is 3.25. The number of carboxylic acid groups (broad SMARTS) is 1. The summed E-state index contributed by atoms with van der Waals surface area (Å²) in [5.41, 5.74) is -2.03. The van der Waals surface area contributed by atoms with Gasteiger partial charge in [0, 0.05) is 38.6 Å². The summed E-state index contributed by atoms with van der Waals surface area (Å²) in [6.07, 6.45) is 7.52. The van der Waals surface area contributed by atoms with E-state index in [0.29, 0.717) is 19.3 Å². The molecule has 3 amide bonds. The van der Waals surface area contributed by atoms with Crippen molar-refractivity contribution in [2.24, 2.45) is 11.8 Å². The molecule has 1 aliphatic carbocycles. The zero-order valence-electron chi connectivity index (χ0n) is 21.3. The number of rotatable bonds is 2. The maximum Gasteiger partial charge on any atom is 0.408 e. The van der Waals surface area contributed by atoms with E-state index >= 15 is 0 Å². The number of amides is 3. The third-order valence-electron chi connectivity index (χ3n) is 6.44. The van der Waals surface area contributed by atoms with Crippen LogP contribution in [0.4, 0.5) is 4.79 Å². The van der Waals surface area contributed by atoms with Gasteiger partial charge in [0.15, 0.2) is 0 Å². The van der Waals surface area contributed by atoms with Gasteiger partial charge in [-0.3, -0.25) is 9.59 Å². The van der Waals surface area contributed by atoms with E-state index in [1.54, 1.807) is 20.8 Å². The third-order valence-corrected chi connectivity index (χ3v) is 6.44. The molecule has 3 aliphatic rings. The van der Waals surface area contributed by atoms with Gasteiger partial charge in [0.2, 0.25) is 11.8 Å². The van der Waals surface area contributed by atoms with E-state index in [2.05, 4.69) is 17.6 Å². The Bertz CT molecular complexity index is 827. The Balaban J connectivity index is 0.00000306. The van der Waals surface area contributed by atoms with Crippen molar-refractivity contribution in [3.05, 3.63) is 26.5 Å². The number of allylic oxidation sites excluding steroid dienone is 1. The van der Waals surface area contributed by atoms with Gasteiger partial charge < -0.3 is 39.7 Å². The van der Waals surface area contributed by atoms with Gasteiger partial charge in [-0.25, -0.2) is 9.59 Å². The summed E-state index contributed by atoms with van der Waals surface area (Å²) < 4.78 is 5.34. The Morgan fingerprint density at radius 2 is 1.94 bits per heavy atom. The molecule has 35 heavy (non-hydrogen) atoms. The minimum absolute atomic E-state index is 0. The van der Waals surface area contributed by atoms with E-state index in [1.165, 1.54) is 4.90 Å². The number of hydrogen-bond acceptors (Lipinski definition) is 5. The zero-order valence-corrected chi connectivity index (χ0v) is 24.2. The molecule has 0 bridgehead atoms. The monoisotopic (exact) mass is 566 g/mol. The van der Waals surface area contributed by atoms with Crippen molar-refractivity contribution in [1.82, 2.24) is 15.5 Å². The third kappa shape index (κ3) is 8.01. The molecule has 195 valence electrons. The number of nitrogens with one attached hydrogen (secondary N) is 2. The molecule has 1 saturated carbocycles. The second kappa shape index (κ2) is 12.7. The predicted octanol–water partition coefficient (Wildman–Crippen LogP) is 2.86. The zero-order chi connectivity index (χ0) is 24.4. The largest absolute Gasteiger partial charge is 0.479 e. The summed E-state index contributed by atoms with van der Waals surface area (Å²) in [6, 6.07) is -1.65. The van der Waals surface area contributed by atoms with E-state index in [1.807, 2.05) is 12.2 Å². The molecule has 2 fully saturated rings. The van der Waals surface area contributed by atoms with Crippen LogP contribution in [-0.4, -0.2) is 63.7 Å². The Hall–Kier alpha value is -1.48. The molecular weight excluding hydrogens is 527 g/mol. The van der Waals surface area contributed by atoms with Gasteiger partial charge in [-0.2, -0.15) is 0 Å². The Kier molecular flexibility index (Phi) is 11.4. The van der Waals surface area contributed by atoms with Gasteiger partial charge in [0.1, 0.15) is 23.2 Å². The SMILES string of the molecule is [CH2-][C@@H]1C[C@H]2C(=O)N[C@]3(C(=O)O)C[C@H]3/C=C\CCCCC[C@H](NC(=O)OC(C)(C)C)C(=O)N2C1.[CH3-].[Y]. The molecule has 3 rings (SSSR count). The molecule has 9 nitrogen and oxygen atoms in total. The number of nitrogens with zero attached hydrogens (tertiary/aromatic N) is 1. The topological polar surface area (TPSA) is 125 Å². The predicted molar refractivity (Wildman–Crippen MR) is 127 cm³/mol. The average molecular weight is 567 g/mol. The maximum absolute atomic E-state index is 13.5. The van der Waals surface area contributed by atoms with Crippen molar-refractivity contribution in [3.8, 4) is 0 Å². The summed E-state index contributed by atoms with van der Waals surface area (Å²) in [4.78, 5) is 52.5. The molecule has 0 unspecified atom stereocenters. The number of aliphatic carboxylic acids is 1. The molecular formula is C25H39N3O6Y-2. The Morgan fingerprint density at radius 3 is 2.57 bits per heavy atom. The van der Waals surface area contributed by atoms with Gasteiger partial charge in [0.05, 0.1) is 0 Å². The molecule has 0 aromatic carbocycles. The molecule has 1 radical (unpaired) electrons. The van der Waals surface area contributed by atoms with E-state index in [4.69, 9.17) is 4.74 Å². The first-order chi connectivity index (χ1) is 15.4. The number of fused-ring (bicyclic) bond motifs is 2. The van der Waals surface area contributed by atoms with E-state index in [9.17, 15) is 24.3 Å². The molecule has 10 heteroatoms. The van der Waals surface area contributed by atoms with Crippen LogP contribution in [0.15, 0.2) is 12.2 Å². The van der Waals surface area contributed by atoms with Crippen LogP contribution in [0.2, 0.25) is 0 Å². The van der Waals surface area contributed by atoms with E-state index in [0.717, 1.165) is 25.7 Å². The van der Waals surface area contributed by atoms with Crippen LogP contribution in [-0.2, 0) is 51.8 Å². The minimum atomic E-state index is -1.32. The van der Waals surface area contributed by atoms with Gasteiger partial charge in [-0.1, -0.05) is 25.0 Å². The summed E-state index contributed by atoms with van der Waals surface area (Å²) in [5.74, 6) is -2.34. The number of hydrogen-bond donors (Lipinski definition) is 3. The van der Waals surface area contributed by atoms with Crippen molar-refractivity contribution < 1.29 is 61.7 Å². The number of carbonyl (C=O) groups excluding carboxylic acids is 3. The second-order valence-corrected chi connectivity index (χ2v) is 10.4. The number of alkyl carbamates (subject to hydrolysis) is 1. The van der Waals surface area contributed by atoms with Gasteiger partial charge >= 0.3 is 12.1 Å². The molecule has 1 saturated heterocycles. The standard InChI is InChI=1S/C24H36N3O6.CH3.Y/c1-15-12-18-19(28)26-24(21(30)31)13-16(24)10-8-6-5-7-9-11-17(20(29)27(18)14-15)25-22(32)33-23(2,3)4;;/h8,10,15-18H,1,5-7,9,11-14H2,2-4H3,(H,25,32)(H,26,28)(H,30,31);1H3;/q2*-1;/b10-8-;;/t15-,16-,17+,18+,24-;;/m1../s1. The van der Waals surface area contributed by atoms with Crippen molar-refractivity contribution >= 4 is 23.9 Å². The first kappa shape index (κ1) is 31.6. The summed E-state index contributed by atoms with van der Waals surface area (Å²) in [6.45, 7) is 9.53. The molecule has 0 aromatic rings. The van der Waals surface area contributed by atoms with Crippen LogP contribution < -0.4 is 10.6 Å². The first-order valence-electron chi connectivity index (χ1n) is 11.8. The van der Waals surface area contributed by atoms with Crippen molar-refractivity contribution in [2.45, 2.75) is 88.9 Å². The van der Waals surface area contributed by atoms with Gasteiger partial charge in [0.25, 0.3) is 0 Å². The molecule has 0 aromatic heterocycles. The van der Waals surface area contributed by atoms with Gasteiger partial charge in [-0.15, -0.1) is 5.92 Å². The first-order valence-corrected chi connectivity index (χ1v) is 11.8. The second-order valence-electron chi connectivity index (χ2n) is 10.4. The van der Waals surface area contributed by atoms with Crippen LogP contribution in [0.1, 0.15) is 65.7 Å². The number of carbonyl (C=O) groups is 4. The smallest absolute Gasteiger partial charge is 0.408 e. The molecule has 3 N–H and O–H groups in total. The van der Waals surface area contributed by atoms with Gasteiger partial charge in [-0.05, 0) is 59.4 Å². The number of ether oxygens (including phenoxy) is 1. The van der Waals surface area contributed by atoms with Crippen molar-refractivity contribution in [2.75, 3.05) is 6.54 Å². The van der Waals surface area contributed by atoms with Crippen LogP contribution in [0.3, 0.4) is 0 Å². The Morgan fingerprint density at radius 1 is 1.26 bits per heavy atom. The normalized spacial score (nSPS) is 32.2. The van der Waals surface area contributed by atoms with E-state index in [-0.39, 0.29) is 64.4 Å². The quantitative estimate of drug-likeness (QED) is 0.349. The number of carboxylic acids is 1. The fourth-order valence-corrected chi connectivity index (χ4v) is 4.64. The van der Waals surface area contributed by atoms with Crippen molar-refractivity contribution in [3.63, 3.8) is 0 Å². The van der Waals surface area contributed by atoms with E-state index < -0.39 is 41.2 Å². The molecule has 0 spiro atoms. The minimum Gasteiger partial charge on any atom is -0.479 e. The van der Waals surface area contributed by atoms with Crippen LogP contribution in [0, 0.1) is 26.2 Å². The van der Waals surface area contributed by atoms with Crippen LogP contribution in [0.25, 0.3) is 0 Å². The van der Waals surface area contributed by atoms with Crippen molar-refractivity contribution in [1.29, 1.82) is 0 Å². The molecule has 5 atom stereocenters. The fraction of sp³-hybridized carbons (Fsp3) is 0.680. The molecule has 2 aliphatic heterocycles.